The molecule has 0 N–H and O–H groups in total. The molecule has 108 valence electrons. The molecule has 0 spiro atoms. The minimum absolute atomic E-state index is 0.0339. The van der Waals surface area contributed by atoms with Crippen LogP contribution in [0.25, 0.3) is 0 Å². The third-order valence-electron chi connectivity index (χ3n) is 5.07. The summed E-state index contributed by atoms with van der Waals surface area (Å²) in [6.45, 7) is 15.1. The summed E-state index contributed by atoms with van der Waals surface area (Å²) in [4.78, 5) is 12.4. The van der Waals surface area contributed by atoms with Gasteiger partial charge in [-0.1, -0.05) is 27.7 Å². The van der Waals surface area contributed by atoms with E-state index in [1.165, 1.54) is 0 Å². The average Bonchev–Trinajstić information content (AvgIpc) is 2.46. The fourth-order valence-corrected chi connectivity index (χ4v) is 3.38. The van der Waals surface area contributed by atoms with E-state index in [1.54, 1.807) is 0 Å². The van der Waals surface area contributed by atoms with Gasteiger partial charge in [0.15, 0.2) is 0 Å². The van der Waals surface area contributed by atoms with Crippen LogP contribution in [-0.2, 0) is 14.0 Å². The Morgan fingerprint density at radius 1 is 1.42 bits per heavy atom. The number of hydrogen-bond acceptors (Lipinski definition) is 3. The van der Waals surface area contributed by atoms with Gasteiger partial charge in [-0.05, 0) is 43.5 Å². The first-order valence-electron chi connectivity index (χ1n) is 7.10. The number of carbonyl (C=O) groups is 1. The quantitative estimate of drug-likeness (QED) is 0.725. The van der Waals surface area contributed by atoms with E-state index in [2.05, 4.69) is 47.7 Å². The number of Topliss-reactive ketones (excluding diaryl/α,β-unsaturated/α-hetero) is 1. The number of ether oxygens (including phenoxy) is 1. The molecule has 0 unspecified atom stereocenters. The highest BCUT2D eigenvalue weighted by Gasteiger charge is 2.51. The highest BCUT2D eigenvalue weighted by Crippen LogP contribution is 2.45. The minimum atomic E-state index is -1.97. The van der Waals surface area contributed by atoms with Crippen LogP contribution < -0.4 is 0 Å². The van der Waals surface area contributed by atoms with E-state index in [-0.39, 0.29) is 22.5 Å². The van der Waals surface area contributed by atoms with Crippen LogP contribution in [0.5, 0.6) is 0 Å². The van der Waals surface area contributed by atoms with Crippen LogP contribution >= 0.6 is 0 Å². The Labute approximate surface area is 117 Å². The van der Waals surface area contributed by atoms with E-state index >= 15 is 0 Å². The Morgan fingerprint density at radius 2 is 2.00 bits per heavy atom. The van der Waals surface area contributed by atoms with Crippen molar-refractivity contribution in [2.75, 3.05) is 0 Å². The van der Waals surface area contributed by atoms with Gasteiger partial charge < -0.3 is 9.16 Å². The molecule has 3 nitrogen and oxygen atoms in total. The molecule has 19 heavy (non-hydrogen) atoms. The van der Waals surface area contributed by atoms with Crippen molar-refractivity contribution in [1.82, 2.24) is 0 Å². The van der Waals surface area contributed by atoms with E-state index in [4.69, 9.17) is 9.16 Å². The average molecular weight is 282 g/mol. The van der Waals surface area contributed by atoms with E-state index in [0.29, 0.717) is 11.7 Å². The third-order valence-corrected chi connectivity index (χ3v) is 9.41. The zero-order valence-corrected chi connectivity index (χ0v) is 14.2. The summed E-state index contributed by atoms with van der Waals surface area (Å²) in [5.41, 5.74) is -0.337. The lowest BCUT2D eigenvalue weighted by Gasteiger charge is -2.39. The number of hydrogen-bond donors (Lipinski definition) is 0. The van der Waals surface area contributed by atoms with Gasteiger partial charge in [0.05, 0.1) is 5.60 Å². The molecule has 0 aromatic carbocycles. The number of ketones is 1. The zero-order valence-electron chi connectivity index (χ0n) is 13.2. The van der Waals surface area contributed by atoms with Crippen LogP contribution in [0.15, 0.2) is 11.8 Å². The van der Waals surface area contributed by atoms with Crippen molar-refractivity contribution in [2.24, 2.45) is 5.92 Å². The van der Waals surface area contributed by atoms with Crippen LogP contribution in [0.3, 0.4) is 0 Å². The number of carbonyl (C=O) groups excluding carboxylic acids is 1. The van der Waals surface area contributed by atoms with Crippen molar-refractivity contribution in [1.29, 1.82) is 0 Å². The molecule has 0 aromatic heterocycles. The van der Waals surface area contributed by atoms with E-state index < -0.39 is 8.32 Å². The molecule has 0 aromatic rings. The van der Waals surface area contributed by atoms with Gasteiger partial charge in [-0.2, -0.15) is 0 Å². The fraction of sp³-hybridized carbons (Fsp3) is 0.800. The van der Waals surface area contributed by atoms with Gasteiger partial charge in [0.1, 0.15) is 11.9 Å². The highest BCUT2D eigenvalue weighted by molar-refractivity contribution is 6.74. The predicted octanol–water partition coefficient (Wildman–Crippen LogP) is 3.66. The second kappa shape index (κ2) is 4.19. The summed E-state index contributed by atoms with van der Waals surface area (Å²) in [7, 11) is -1.97. The fourth-order valence-electron chi connectivity index (χ4n) is 2.36. The maximum absolute atomic E-state index is 12.4. The topological polar surface area (TPSA) is 35.5 Å². The Kier molecular flexibility index (Phi) is 3.26. The maximum atomic E-state index is 12.4. The SMILES string of the molecule is C[C@H]1C[C@H]2O[C@]1(C)C=C(O[Si](C)(C)C(C)(C)C)C2=O. The van der Waals surface area contributed by atoms with Crippen LogP contribution in [0.1, 0.15) is 41.0 Å². The zero-order chi connectivity index (χ0) is 14.6. The number of fused-ring (bicyclic) bond motifs is 2. The van der Waals surface area contributed by atoms with Crippen LogP contribution in [0, 0.1) is 5.92 Å². The normalized spacial score (nSPS) is 35.3. The van der Waals surface area contributed by atoms with Gasteiger partial charge in [-0.25, -0.2) is 0 Å². The maximum Gasteiger partial charge on any atom is 0.250 e. The molecule has 2 rings (SSSR count). The molecule has 1 fully saturated rings. The summed E-state index contributed by atoms with van der Waals surface area (Å²) < 4.78 is 12.1. The van der Waals surface area contributed by atoms with Crippen LogP contribution in [0.2, 0.25) is 18.1 Å². The first kappa shape index (κ1) is 14.8. The largest absolute Gasteiger partial charge is 0.541 e. The molecule has 4 heteroatoms. The molecule has 1 saturated heterocycles. The lowest BCUT2D eigenvalue weighted by molar-refractivity contribution is -0.133. The first-order chi connectivity index (χ1) is 8.46. The van der Waals surface area contributed by atoms with Crippen molar-refractivity contribution in [2.45, 2.75) is 70.9 Å². The van der Waals surface area contributed by atoms with Crippen molar-refractivity contribution in [3.63, 3.8) is 0 Å². The molecule has 0 saturated carbocycles. The molecular formula is C15H26O3Si. The Bertz CT molecular complexity index is 433. The second-order valence-corrected chi connectivity index (χ2v) is 12.4. The van der Waals surface area contributed by atoms with Crippen molar-refractivity contribution < 1.29 is 14.0 Å². The van der Waals surface area contributed by atoms with E-state index in [1.807, 2.05) is 6.08 Å². The molecule has 3 atom stereocenters. The smallest absolute Gasteiger partial charge is 0.250 e. The monoisotopic (exact) mass is 282 g/mol. The van der Waals surface area contributed by atoms with Gasteiger partial charge in [0, 0.05) is 0 Å². The molecule has 0 amide bonds. The molecule has 0 radical (unpaired) electrons. The van der Waals surface area contributed by atoms with Gasteiger partial charge in [-0.15, -0.1) is 0 Å². The van der Waals surface area contributed by atoms with Gasteiger partial charge in [-0.3, -0.25) is 4.79 Å². The third kappa shape index (κ3) is 2.40. The number of rotatable bonds is 2. The van der Waals surface area contributed by atoms with Crippen molar-refractivity contribution >= 4 is 14.1 Å². The van der Waals surface area contributed by atoms with Crippen molar-refractivity contribution in [3.8, 4) is 0 Å². The van der Waals surface area contributed by atoms with Gasteiger partial charge >= 0.3 is 0 Å². The highest BCUT2D eigenvalue weighted by atomic mass is 28.4. The lowest BCUT2D eigenvalue weighted by atomic mass is 9.91. The summed E-state index contributed by atoms with van der Waals surface area (Å²) in [6.07, 6.45) is 2.42. The van der Waals surface area contributed by atoms with Crippen LogP contribution in [-0.4, -0.2) is 25.8 Å². The molecule has 2 aliphatic heterocycles. The lowest BCUT2D eigenvalue weighted by Crippen LogP contribution is -2.44. The predicted molar refractivity (Wildman–Crippen MR) is 78.4 cm³/mol. The van der Waals surface area contributed by atoms with Gasteiger partial charge in [0.25, 0.3) is 8.32 Å². The first-order valence-corrected chi connectivity index (χ1v) is 10.0. The molecule has 2 bridgehead atoms. The van der Waals surface area contributed by atoms with E-state index in [9.17, 15) is 4.79 Å². The van der Waals surface area contributed by atoms with E-state index in [0.717, 1.165) is 6.42 Å². The molecule has 2 heterocycles. The van der Waals surface area contributed by atoms with Crippen molar-refractivity contribution in [3.05, 3.63) is 11.8 Å². The minimum Gasteiger partial charge on any atom is -0.541 e. The summed E-state index contributed by atoms with van der Waals surface area (Å²) in [6, 6.07) is 0. The summed E-state index contributed by atoms with van der Waals surface area (Å²) >= 11 is 0. The van der Waals surface area contributed by atoms with Crippen LogP contribution in [0.4, 0.5) is 0 Å². The Morgan fingerprint density at radius 3 is 2.53 bits per heavy atom. The standard InChI is InChI=1S/C15H26O3Si/c1-10-8-11-13(16)12(9-15(10,5)17-11)18-19(6,7)14(2,3)4/h9-11H,8H2,1-7H3/t10-,11+,15+/m0/s1. The Hall–Kier alpha value is -0.613. The molecular weight excluding hydrogens is 256 g/mol. The molecule has 0 aliphatic carbocycles. The second-order valence-electron chi connectivity index (χ2n) is 7.66. The summed E-state index contributed by atoms with van der Waals surface area (Å²) in [5.74, 6) is 0.948. The molecule has 2 aliphatic rings. The van der Waals surface area contributed by atoms with Gasteiger partial charge in [0.2, 0.25) is 5.78 Å². The Balaban J connectivity index is 2.29. The summed E-state index contributed by atoms with van der Waals surface area (Å²) in [5, 5.41) is 0.0952.